The minimum Gasteiger partial charge on any atom is -0.333 e. The van der Waals surface area contributed by atoms with Gasteiger partial charge in [-0.05, 0) is 54.7 Å². The average Bonchev–Trinajstić information content (AvgIpc) is 2.85. The minimum absolute atomic E-state index is 0.238. The normalized spacial score (nSPS) is 11.0. The molecule has 0 saturated heterocycles. The van der Waals surface area contributed by atoms with E-state index in [4.69, 9.17) is 23.2 Å². The summed E-state index contributed by atoms with van der Waals surface area (Å²) in [5, 5.41) is 4.05. The van der Waals surface area contributed by atoms with Crippen LogP contribution in [0, 0.1) is 13.8 Å². The molecule has 0 aliphatic rings. The predicted octanol–water partition coefficient (Wildman–Crippen LogP) is 4.14. The number of rotatable bonds is 2. The van der Waals surface area contributed by atoms with E-state index < -0.39 is 6.03 Å². The summed E-state index contributed by atoms with van der Waals surface area (Å²) in [6.45, 7) is 3.93. The van der Waals surface area contributed by atoms with Gasteiger partial charge in [0.05, 0.1) is 15.4 Å². The highest BCUT2D eigenvalue weighted by Gasteiger charge is 2.16. The number of hydrogen-bond donors (Lipinski definition) is 1. The van der Waals surface area contributed by atoms with Crippen molar-refractivity contribution in [2.24, 2.45) is 0 Å². The highest BCUT2D eigenvalue weighted by Crippen LogP contribution is 2.22. The Morgan fingerprint density at radius 3 is 2.71 bits per heavy atom. The smallest absolute Gasteiger partial charge is 0.333 e. The monoisotopic (exact) mass is 381 g/mol. The first-order valence-electron chi connectivity index (χ1n) is 7.09. The maximum atomic E-state index is 12.4. The third-order valence-electron chi connectivity index (χ3n) is 3.50. The molecule has 3 aromatic rings. The molecule has 0 spiro atoms. The molecule has 1 N–H and O–H groups in total. The molecule has 1 amide bonds. The lowest BCUT2D eigenvalue weighted by Gasteiger charge is -2.05. The maximum Gasteiger partial charge on any atom is 0.338 e. The van der Waals surface area contributed by atoms with Gasteiger partial charge in [-0.3, -0.25) is 4.79 Å². The van der Waals surface area contributed by atoms with Crippen LogP contribution in [-0.4, -0.2) is 15.0 Å². The number of amides is 1. The third kappa shape index (κ3) is 3.17. The Morgan fingerprint density at radius 2 is 2.00 bits per heavy atom. The molecular weight excluding hydrogens is 369 g/mol. The van der Waals surface area contributed by atoms with E-state index in [0.717, 1.165) is 32.3 Å². The van der Waals surface area contributed by atoms with Crippen molar-refractivity contribution >= 4 is 51.0 Å². The summed E-state index contributed by atoms with van der Waals surface area (Å²) >= 11 is 12.8. The highest BCUT2D eigenvalue weighted by atomic mass is 35.5. The molecule has 0 aliphatic heterocycles. The molecule has 0 radical (unpaired) electrons. The first kappa shape index (κ1) is 17.0. The Morgan fingerprint density at radius 1 is 1.25 bits per heavy atom. The van der Waals surface area contributed by atoms with E-state index in [0.29, 0.717) is 20.3 Å². The number of benzene rings is 1. The number of aromatic nitrogens is 2. The number of fused-ring (bicyclic) bond motifs is 1. The number of aryl methyl sites for hydroxylation is 2. The van der Waals surface area contributed by atoms with Gasteiger partial charge in [0, 0.05) is 12.2 Å². The highest BCUT2D eigenvalue weighted by molar-refractivity contribution is 7.14. The number of carbonyl (C=O) groups excluding carboxylic acids is 1. The van der Waals surface area contributed by atoms with E-state index in [1.807, 2.05) is 19.9 Å². The van der Waals surface area contributed by atoms with Crippen LogP contribution in [0.2, 0.25) is 10.0 Å². The SMILES string of the molecule is Cc1cc(C)c2c(=O)n(C(=O)NCc3ccc(Cl)c(Cl)c3)sc2n1. The molecule has 2 aromatic heterocycles. The van der Waals surface area contributed by atoms with Crippen LogP contribution in [0.5, 0.6) is 0 Å². The summed E-state index contributed by atoms with van der Waals surface area (Å²) in [6, 6.07) is 6.43. The van der Waals surface area contributed by atoms with Crippen LogP contribution in [0.25, 0.3) is 10.2 Å². The largest absolute Gasteiger partial charge is 0.338 e. The Labute approximate surface area is 152 Å². The molecule has 0 bridgehead atoms. The molecule has 0 fully saturated rings. The standard InChI is InChI=1S/C16H13Cl2N3O2S/c1-8-5-9(2)20-14-13(8)15(22)21(24-14)16(23)19-7-10-3-4-11(17)12(18)6-10/h3-6H,7H2,1-2H3,(H,19,23). The summed E-state index contributed by atoms with van der Waals surface area (Å²) in [7, 11) is 0. The lowest BCUT2D eigenvalue weighted by atomic mass is 10.2. The second-order valence-electron chi connectivity index (χ2n) is 5.36. The molecule has 2 heterocycles. The zero-order valence-corrected chi connectivity index (χ0v) is 15.2. The number of pyridine rings is 1. The van der Waals surface area contributed by atoms with E-state index in [-0.39, 0.29) is 12.1 Å². The lowest BCUT2D eigenvalue weighted by molar-refractivity contribution is 0.243. The molecule has 24 heavy (non-hydrogen) atoms. The second kappa shape index (κ2) is 6.55. The maximum absolute atomic E-state index is 12.4. The Hall–Kier alpha value is -1.89. The summed E-state index contributed by atoms with van der Waals surface area (Å²) in [5.74, 6) is 0. The molecule has 0 unspecified atom stereocenters. The van der Waals surface area contributed by atoms with Crippen LogP contribution < -0.4 is 10.9 Å². The van der Waals surface area contributed by atoms with Crippen molar-refractivity contribution in [3.05, 3.63) is 61.5 Å². The van der Waals surface area contributed by atoms with Crippen LogP contribution in [0.15, 0.2) is 29.1 Å². The fraction of sp³-hybridized carbons (Fsp3) is 0.188. The van der Waals surface area contributed by atoms with Gasteiger partial charge >= 0.3 is 6.03 Å². The molecule has 0 atom stereocenters. The molecule has 0 aliphatic carbocycles. The van der Waals surface area contributed by atoms with E-state index in [1.165, 1.54) is 0 Å². The van der Waals surface area contributed by atoms with Crippen molar-refractivity contribution in [1.82, 2.24) is 14.3 Å². The van der Waals surface area contributed by atoms with E-state index in [1.54, 1.807) is 18.2 Å². The third-order valence-corrected chi connectivity index (χ3v) is 5.22. The average molecular weight is 382 g/mol. The van der Waals surface area contributed by atoms with Crippen LogP contribution in [0.4, 0.5) is 4.79 Å². The minimum atomic E-state index is -0.494. The fourth-order valence-corrected chi connectivity index (χ4v) is 3.73. The first-order valence-corrected chi connectivity index (χ1v) is 8.62. The Kier molecular flexibility index (Phi) is 4.62. The van der Waals surface area contributed by atoms with Gasteiger partial charge < -0.3 is 5.32 Å². The molecule has 5 nitrogen and oxygen atoms in total. The van der Waals surface area contributed by atoms with E-state index in [9.17, 15) is 9.59 Å². The molecule has 1 aromatic carbocycles. The lowest BCUT2D eigenvalue weighted by Crippen LogP contribution is -2.32. The van der Waals surface area contributed by atoms with Gasteiger partial charge in [-0.2, -0.15) is 3.96 Å². The first-order chi connectivity index (χ1) is 11.4. The quantitative estimate of drug-likeness (QED) is 0.725. The molecule has 124 valence electrons. The van der Waals surface area contributed by atoms with Crippen LogP contribution >= 0.6 is 34.7 Å². The van der Waals surface area contributed by atoms with Crippen molar-refractivity contribution in [3.63, 3.8) is 0 Å². The van der Waals surface area contributed by atoms with Crippen LogP contribution in [0.1, 0.15) is 16.8 Å². The van der Waals surface area contributed by atoms with Crippen molar-refractivity contribution in [2.45, 2.75) is 20.4 Å². The Balaban J connectivity index is 1.86. The van der Waals surface area contributed by atoms with Gasteiger partial charge in [-0.25, -0.2) is 9.78 Å². The molecule has 3 rings (SSSR count). The van der Waals surface area contributed by atoms with Gasteiger partial charge in [-0.15, -0.1) is 0 Å². The van der Waals surface area contributed by atoms with Gasteiger partial charge in [0.2, 0.25) is 0 Å². The van der Waals surface area contributed by atoms with Crippen LogP contribution in [0.3, 0.4) is 0 Å². The second-order valence-corrected chi connectivity index (χ2v) is 7.11. The van der Waals surface area contributed by atoms with Crippen molar-refractivity contribution < 1.29 is 4.79 Å². The van der Waals surface area contributed by atoms with Crippen molar-refractivity contribution in [1.29, 1.82) is 0 Å². The van der Waals surface area contributed by atoms with Crippen LogP contribution in [-0.2, 0) is 6.54 Å². The zero-order valence-electron chi connectivity index (χ0n) is 12.9. The van der Waals surface area contributed by atoms with Gasteiger partial charge in [0.15, 0.2) is 0 Å². The summed E-state index contributed by atoms with van der Waals surface area (Å²) < 4.78 is 1.08. The van der Waals surface area contributed by atoms with E-state index >= 15 is 0 Å². The van der Waals surface area contributed by atoms with Crippen molar-refractivity contribution in [2.75, 3.05) is 0 Å². The number of hydrogen-bond acceptors (Lipinski definition) is 4. The fourth-order valence-electron chi connectivity index (χ4n) is 2.39. The summed E-state index contributed by atoms with van der Waals surface area (Å²) in [6.07, 6.45) is 0. The van der Waals surface area contributed by atoms with Crippen molar-refractivity contribution in [3.8, 4) is 0 Å². The van der Waals surface area contributed by atoms with Gasteiger partial charge in [0.25, 0.3) is 5.56 Å². The number of halogens is 2. The van der Waals surface area contributed by atoms with Gasteiger partial charge in [-0.1, -0.05) is 29.3 Å². The zero-order chi connectivity index (χ0) is 17.4. The molecular formula is C16H13Cl2N3O2S. The summed E-state index contributed by atoms with van der Waals surface area (Å²) in [5.41, 5.74) is 2.06. The van der Waals surface area contributed by atoms with Gasteiger partial charge in [0.1, 0.15) is 4.83 Å². The number of nitrogens with zero attached hydrogens (tertiary/aromatic N) is 2. The predicted molar refractivity (Wildman–Crippen MR) is 97.4 cm³/mol. The number of carbonyl (C=O) groups is 1. The van der Waals surface area contributed by atoms with E-state index in [2.05, 4.69) is 10.3 Å². The summed E-state index contributed by atoms with van der Waals surface area (Å²) in [4.78, 5) is 29.7. The number of nitrogens with one attached hydrogen (secondary N) is 1. The topological polar surface area (TPSA) is 64.0 Å². The molecule has 0 saturated carbocycles. The molecule has 8 heteroatoms. The Bertz CT molecular complexity index is 1010.